The van der Waals surface area contributed by atoms with Gasteiger partial charge in [-0.25, -0.2) is 5.01 Å². The number of hydrazone groups is 1. The van der Waals surface area contributed by atoms with E-state index in [4.69, 9.17) is 0 Å². The van der Waals surface area contributed by atoms with Gasteiger partial charge in [-0.05, 0) is 26.7 Å². The van der Waals surface area contributed by atoms with Gasteiger partial charge in [-0.2, -0.15) is 5.10 Å². The van der Waals surface area contributed by atoms with Crippen molar-refractivity contribution in [1.29, 1.82) is 0 Å². The van der Waals surface area contributed by atoms with E-state index in [-0.39, 0.29) is 11.4 Å². The molecule has 0 fully saturated rings. The van der Waals surface area contributed by atoms with Crippen LogP contribution in [0.15, 0.2) is 5.10 Å². The van der Waals surface area contributed by atoms with E-state index < -0.39 is 0 Å². The maximum Gasteiger partial charge on any atom is 0.240 e. The van der Waals surface area contributed by atoms with Crippen LogP contribution in [-0.2, 0) is 4.79 Å². The summed E-state index contributed by atoms with van der Waals surface area (Å²) >= 11 is 0. The molecule has 14 heavy (non-hydrogen) atoms. The molecule has 1 heterocycles. The molecule has 1 amide bonds. The number of carbonyl (C=O) groups is 1. The van der Waals surface area contributed by atoms with Crippen molar-refractivity contribution in [2.45, 2.75) is 58.9 Å². The number of hydrogen-bond donors (Lipinski definition) is 0. The minimum atomic E-state index is -0.116. The SMILES string of the molecule is CCCCC1=NN(C(C)=O)C(C)(C)C1. The van der Waals surface area contributed by atoms with Gasteiger partial charge in [-0.15, -0.1) is 0 Å². The van der Waals surface area contributed by atoms with Crippen molar-refractivity contribution in [3.05, 3.63) is 0 Å². The first-order valence-corrected chi connectivity index (χ1v) is 5.34. The molecule has 1 aliphatic heterocycles. The zero-order chi connectivity index (χ0) is 10.8. The molecule has 0 saturated carbocycles. The third-order valence-corrected chi connectivity index (χ3v) is 2.57. The predicted octanol–water partition coefficient (Wildman–Crippen LogP) is 2.56. The molecule has 0 aromatic rings. The average molecular weight is 196 g/mol. The van der Waals surface area contributed by atoms with E-state index in [2.05, 4.69) is 25.9 Å². The molecule has 0 aliphatic carbocycles. The summed E-state index contributed by atoms with van der Waals surface area (Å²) in [5.74, 6) is 0.0431. The van der Waals surface area contributed by atoms with Gasteiger partial charge in [0.2, 0.25) is 5.91 Å². The Morgan fingerprint density at radius 3 is 2.64 bits per heavy atom. The molecule has 0 saturated heterocycles. The van der Waals surface area contributed by atoms with Crippen LogP contribution in [0.5, 0.6) is 0 Å². The summed E-state index contributed by atoms with van der Waals surface area (Å²) < 4.78 is 0. The molecule has 0 aromatic heterocycles. The summed E-state index contributed by atoms with van der Waals surface area (Å²) in [6, 6.07) is 0. The van der Waals surface area contributed by atoms with Crippen LogP contribution in [0.2, 0.25) is 0 Å². The first-order valence-electron chi connectivity index (χ1n) is 5.34. The van der Waals surface area contributed by atoms with Gasteiger partial charge in [-0.3, -0.25) is 4.79 Å². The fourth-order valence-corrected chi connectivity index (χ4v) is 1.90. The Kier molecular flexibility index (Phi) is 3.29. The van der Waals surface area contributed by atoms with Crippen LogP contribution in [0.3, 0.4) is 0 Å². The Morgan fingerprint density at radius 1 is 1.57 bits per heavy atom. The van der Waals surface area contributed by atoms with Gasteiger partial charge in [0.1, 0.15) is 0 Å². The first-order chi connectivity index (χ1) is 6.47. The molecule has 3 nitrogen and oxygen atoms in total. The fourth-order valence-electron chi connectivity index (χ4n) is 1.90. The van der Waals surface area contributed by atoms with Gasteiger partial charge in [0, 0.05) is 19.1 Å². The normalized spacial score (nSPS) is 19.7. The van der Waals surface area contributed by atoms with Crippen molar-refractivity contribution in [1.82, 2.24) is 5.01 Å². The lowest BCUT2D eigenvalue weighted by molar-refractivity contribution is -0.132. The Labute approximate surface area is 86.2 Å². The standard InChI is InChI=1S/C11H20N2O/c1-5-6-7-10-8-11(3,4)13(12-10)9(2)14/h5-8H2,1-4H3. The number of rotatable bonds is 3. The Morgan fingerprint density at radius 2 is 2.21 bits per heavy atom. The van der Waals surface area contributed by atoms with Gasteiger partial charge >= 0.3 is 0 Å². The maximum atomic E-state index is 11.3. The third kappa shape index (κ3) is 2.34. The summed E-state index contributed by atoms with van der Waals surface area (Å²) in [5.41, 5.74) is 1.06. The Bertz CT molecular complexity index is 256. The highest BCUT2D eigenvalue weighted by atomic mass is 16.2. The second-order valence-corrected chi connectivity index (χ2v) is 4.59. The van der Waals surface area contributed by atoms with Crippen molar-refractivity contribution < 1.29 is 4.79 Å². The van der Waals surface area contributed by atoms with E-state index in [1.54, 1.807) is 11.9 Å². The summed E-state index contributed by atoms with van der Waals surface area (Å²) in [6.45, 7) is 7.88. The lowest BCUT2D eigenvalue weighted by Gasteiger charge is -2.27. The zero-order valence-electron chi connectivity index (χ0n) is 9.63. The molecule has 0 radical (unpaired) electrons. The van der Waals surface area contributed by atoms with Crippen LogP contribution in [-0.4, -0.2) is 22.2 Å². The molecule has 0 unspecified atom stereocenters. The lowest BCUT2D eigenvalue weighted by Crippen LogP contribution is -2.39. The van der Waals surface area contributed by atoms with Crippen LogP contribution in [0.1, 0.15) is 53.4 Å². The van der Waals surface area contributed by atoms with Crippen molar-refractivity contribution in [3.8, 4) is 0 Å². The molecule has 3 heteroatoms. The minimum absolute atomic E-state index is 0.0431. The second-order valence-electron chi connectivity index (χ2n) is 4.59. The van der Waals surface area contributed by atoms with Crippen LogP contribution < -0.4 is 0 Å². The molecular weight excluding hydrogens is 176 g/mol. The van der Waals surface area contributed by atoms with Crippen LogP contribution in [0.4, 0.5) is 0 Å². The van der Waals surface area contributed by atoms with E-state index in [1.807, 2.05) is 0 Å². The predicted molar refractivity (Wildman–Crippen MR) is 58.2 cm³/mol. The highest BCUT2D eigenvalue weighted by Crippen LogP contribution is 2.28. The number of carbonyl (C=O) groups excluding carboxylic acids is 1. The van der Waals surface area contributed by atoms with E-state index >= 15 is 0 Å². The quantitative estimate of drug-likeness (QED) is 0.682. The first kappa shape index (κ1) is 11.2. The highest BCUT2D eigenvalue weighted by molar-refractivity contribution is 5.90. The zero-order valence-corrected chi connectivity index (χ0v) is 9.63. The topological polar surface area (TPSA) is 32.7 Å². The van der Waals surface area contributed by atoms with Crippen LogP contribution >= 0.6 is 0 Å². The average Bonchev–Trinajstić information content (AvgIpc) is 2.37. The lowest BCUT2D eigenvalue weighted by atomic mass is 9.96. The molecule has 0 N–H and O–H groups in total. The van der Waals surface area contributed by atoms with E-state index in [1.165, 1.54) is 18.6 Å². The molecule has 0 atom stereocenters. The summed E-state index contributed by atoms with van der Waals surface area (Å²) in [4.78, 5) is 11.3. The number of amides is 1. The Hall–Kier alpha value is -0.860. The van der Waals surface area contributed by atoms with Gasteiger partial charge in [0.15, 0.2) is 0 Å². The van der Waals surface area contributed by atoms with Gasteiger partial charge in [-0.1, -0.05) is 13.3 Å². The molecule has 1 rings (SSSR count). The minimum Gasteiger partial charge on any atom is -0.273 e. The molecule has 80 valence electrons. The van der Waals surface area contributed by atoms with Gasteiger partial charge in [0.05, 0.1) is 5.54 Å². The van der Waals surface area contributed by atoms with Crippen molar-refractivity contribution in [2.24, 2.45) is 5.10 Å². The second kappa shape index (κ2) is 4.11. The van der Waals surface area contributed by atoms with E-state index in [9.17, 15) is 4.79 Å². The van der Waals surface area contributed by atoms with Crippen LogP contribution in [0.25, 0.3) is 0 Å². The van der Waals surface area contributed by atoms with E-state index in [0.717, 1.165) is 12.8 Å². The largest absolute Gasteiger partial charge is 0.273 e. The van der Waals surface area contributed by atoms with Crippen molar-refractivity contribution in [2.75, 3.05) is 0 Å². The number of nitrogens with zero attached hydrogens (tertiary/aromatic N) is 2. The monoisotopic (exact) mass is 196 g/mol. The number of unbranched alkanes of at least 4 members (excludes halogenated alkanes) is 1. The highest BCUT2D eigenvalue weighted by Gasteiger charge is 2.35. The molecule has 0 aromatic carbocycles. The van der Waals surface area contributed by atoms with Gasteiger partial charge < -0.3 is 0 Å². The third-order valence-electron chi connectivity index (χ3n) is 2.57. The van der Waals surface area contributed by atoms with E-state index in [0.29, 0.717) is 0 Å². The Balaban J connectivity index is 2.66. The summed E-state index contributed by atoms with van der Waals surface area (Å²) in [6.07, 6.45) is 4.30. The summed E-state index contributed by atoms with van der Waals surface area (Å²) in [5, 5.41) is 6.00. The smallest absolute Gasteiger partial charge is 0.240 e. The van der Waals surface area contributed by atoms with Crippen molar-refractivity contribution in [3.63, 3.8) is 0 Å². The molecule has 0 bridgehead atoms. The molecule has 0 spiro atoms. The van der Waals surface area contributed by atoms with Crippen molar-refractivity contribution >= 4 is 11.6 Å². The maximum absolute atomic E-state index is 11.3. The van der Waals surface area contributed by atoms with Crippen LogP contribution in [0, 0.1) is 0 Å². The molecular formula is C11H20N2O. The summed E-state index contributed by atoms with van der Waals surface area (Å²) in [7, 11) is 0. The van der Waals surface area contributed by atoms with Gasteiger partial charge in [0.25, 0.3) is 0 Å². The number of hydrogen-bond acceptors (Lipinski definition) is 2. The fraction of sp³-hybridized carbons (Fsp3) is 0.818. The molecule has 1 aliphatic rings.